The summed E-state index contributed by atoms with van der Waals surface area (Å²) in [7, 11) is 0. The summed E-state index contributed by atoms with van der Waals surface area (Å²) in [6, 6.07) is 8.64. The Bertz CT molecular complexity index is 405. The van der Waals surface area contributed by atoms with Gasteiger partial charge in [0.2, 0.25) is 0 Å². The highest BCUT2D eigenvalue weighted by Gasteiger charge is 2.17. The first-order valence-corrected chi connectivity index (χ1v) is 6.32. The van der Waals surface area contributed by atoms with E-state index in [0.717, 1.165) is 12.8 Å². The predicted octanol–water partition coefficient (Wildman–Crippen LogP) is 2.03. The summed E-state index contributed by atoms with van der Waals surface area (Å²) in [4.78, 5) is 22.6. The van der Waals surface area contributed by atoms with E-state index < -0.39 is 12.2 Å². The molecule has 1 aromatic rings. The van der Waals surface area contributed by atoms with Gasteiger partial charge in [-0.05, 0) is 18.6 Å². The summed E-state index contributed by atoms with van der Waals surface area (Å²) >= 11 is 0. The van der Waals surface area contributed by atoms with Crippen LogP contribution in [0.1, 0.15) is 36.5 Å². The van der Waals surface area contributed by atoms with Crippen molar-refractivity contribution in [1.29, 1.82) is 0 Å². The number of carboxylic acid groups (broad SMARTS) is 1. The highest BCUT2D eigenvalue weighted by molar-refractivity contribution is 5.94. The molecule has 0 bridgehead atoms. The van der Waals surface area contributed by atoms with Crippen LogP contribution in [0.25, 0.3) is 0 Å². The fraction of sp³-hybridized carbons (Fsp3) is 0.429. The lowest BCUT2D eigenvalue weighted by molar-refractivity contribution is -0.140. The van der Waals surface area contributed by atoms with Crippen molar-refractivity contribution in [3.05, 3.63) is 35.9 Å². The molecule has 5 heteroatoms. The van der Waals surface area contributed by atoms with E-state index in [0.29, 0.717) is 12.2 Å². The van der Waals surface area contributed by atoms with Crippen LogP contribution in [0.5, 0.6) is 0 Å². The smallest absolute Gasteiger partial charge is 0.307 e. The summed E-state index contributed by atoms with van der Waals surface area (Å²) in [5.41, 5.74) is 0.483. The van der Waals surface area contributed by atoms with Crippen LogP contribution in [0.15, 0.2) is 30.3 Å². The van der Waals surface area contributed by atoms with Crippen molar-refractivity contribution in [3.63, 3.8) is 0 Å². The molecule has 1 amide bonds. The number of carboxylic acids is 1. The van der Waals surface area contributed by atoms with Crippen LogP contribution in [-0.4, -0.2) is 29.8 Å². The first-order valence-electron chi connectivity index (χ1n) is 6.32. The average Bonchev–Trinajstić information content (AvgIpc) is 2.39. The van der Waals surface area contributed by atoms with Crippen molar-refractivity contribution in [2.75, 3.05) is 6.61 Å². The normalized spacial score (nSPS) is 11.8. The van der Waals surface area contributed by atoms with Gasteiger partial charge in [-0.2, -0.15) is 0 Å². The Morgan fingerprint density at radius 3 is 2.58 bits per heavy atom. The highest BCUT2D eigenvalue weighted by atomic mass is 16.5. The zero-order chi connectivity index (χ0) is 14.1. The van der Waals surface area contributed by atoms with E-state index in [1.807, 2.05) is 13.0 Å². The van der Waals surface area contributed by atoms with Gasteiger partial charge in [0.05, 0.1) is 6.42 Å². The topological polar surface area (TPSA) is 75.6 Å². The largest absolute Gasteiger partial charge is 0.481 e. The number of carbonyl (C=O) groups excluding carboxylic acids is 1. The van der Waals surface area contributed by atoms with Gasteiger partial charge in [0, 0.05) is 12.2 Å². The van der Waals surface area contributed by atoms with Crippen LogP contribution in [0, 0.1) is 0 Å². The third kappa shape index (κ3) is 6.01. The summed E-state index contributed by atoms with van der Waals surface area (Å²) in [6.45, 7) is 2.45. The Morgan fingerprint density at radius 2 is 2.00 bits per heavy atom. The lowest BCUT2D eigenvalue weighted by atomic mass is 10.2. The molecule has 0 saturated heterocycles. The quantitative estimate of drug-likeness (QED) is 0.557. The molecule has 0 aliphatic rings. The van der Waals surface area contributed by atoms with Crippen LogP contribution in [0.2, 0.25) is 0 Å². The molecule has 0 aliphatic heterocycles. The van der Waals surface area contributed by atoms with E-state index in [-0.39, 0.29) is 12.3 Å². The van der Waals surface area contributed by atoms with E-state index >= 15 is 0 Å². The molecule has 0 spiro atoms. The molecule has 0 aromatic heterocycles. The fourth-order valence-corrected chi connectivity index (χ4v) is 1.50. The zero-order valence-electron chi connectivity index (χ0n) is 11.0. The lowest BCUT2D eigenvalue weighted by Crippen LogP contribution is -2.38. The lowest BCUT2D eigenvalue weighted by Gasteiger charge is -2.17. The zero-order valence-corrected chi connectivity index (χ0v) is 11.0. The van der Waals surface area contributed by atoms with E-state index in [1.165, 1.54) is 0 Å². The maximum atomic E-state index is 11.9. The number of hydrogen-bond donors (Lipinski definition) is 2. The minimum absolute atomic E-state index is 0.248. The Labute approximate surface area is 112 Å². The number of rotatable bonds is 8. The van der Waals surface area contributed by atoms with Gasteiger partial charge in [-0.1, -0.05) is 31.5 Å². The number of ether oxygens (including phenoxy) is 1. The molecule has 1 unspecified atom stereocenters. The Morgan fingerprint density at radius 1 is 1.32 bits per heavy atom. The third-order valence-electron chi connectivity index (χ3n) is 2.51. The van der Waals surface area contributed by atoms with Crippen LogP contribution in [0.3, 0.4) is 0 Å². The monoisotopic (exact) mass is 265 g/mol. The molecule has 0 radical (unpaired) electrons. The Hall–Kier alpha value is -1.88. The van der Waals surface area contributed by atoms with Gasteiger partial charge in [-0.15, -0.1) is 0 Å². The van der Waals surface area contributed by atoms with Crippen molar-refractivity contribution in [1.82, 2.24) is 5.32 Å². The molecule has 104 valence electrons. The predicted molar refractivity (Wildman–Crippen MR) is 70.8 cm³/mol. The number of unbranched alkanes of at least 4 members (excludes halogenated alkanes) is 1. The molecule has 1 aromatic carbocycles. The van der Waals surface area contributed by atoms with Crippen LogP contribution < -0.4 is 5.32 Å². The standard InChI is InChI=1S/C14H19NO4/c1-2-3-9-19-12(10-13(16)17)15-14(18)11-7-5-4-6-8-11/h4-8,12H,2-3,9-10H2,1H3,(H,15,18)(H,16,17). The number of benzene rings is 1. The van der Waals surface area contributed by atoms with Crippen LogP contribution >= 0.6 is 0 Å². The van der Waals surface area contributed by atoms with E-state index in [1.54, 1.807) is 24.3 Å². The van der Waals surface area contributed by atoms with Crippen molar-refractivity contribution in [2.45, 2.75) is 32.4 Å². The minimum Gasteiger partial charge on any atom is -0.481 e. The number of aliphatic carboxylic acids is 1. The highest BCUT2D eigenvalue weighted by Crippen LogP contribution is 2.03. The second-order valence-electron chi connectivity index (χ2n) is 4.15. The second kappa shape index (κ2) is 8.26. The van der Waals surface area contributed by atoms with Gasteiger partial charge in [-0.25, -0.2) is 0 Å². The van der Waals surface area contributed by atoms with Crippen molar-refractivity contribution >= 4 is 11.9 Å². The molecule has 19 heavy (non-hydrogen) atoms. The maximum absolute atomic E-state index is 11.9. The minimum atomic E-state index is -1.00. The molecule has 2 N–H and O–H groups in total. The summed E-state index contributed by atoms with van der Waals surface area (Å²) < 4.78 is 5.37. The molecular weight excluding hydrogens is 246 g/mol. The van der Waals surface area contributed by atoms with Crippen LogP contribution in [0.4, 0.5) is 0 Å². The molecule has 1 rings (SSSR count). The van der Waals surface area contributed by atoms with E-state index in [4.69, 9.17) is 9.84 Å². The average molecular weight is 265 g/mol. The van der Waals surface area contributed by atoms with Gasteiger partial charge in [0.15, 0.2) is 0 Å². The van der Waals surface area contributed by atoms with E-state index in [9.17, 15) is 9.59 Å². The molecule has 0 aliphatic carbocycles. The van der Waals surface area contributed by atoms with Crippen molar-refractivity contribution in [2.24, 2.45) is 0 Å². The van der Waals surface area contributed by atoms with Gasteiger partial charge in [0.1, 0.15) is 6.23 Å². The molecular formula is C14H19NO4. The Balaban J connectivity index is 2.55. The van der Waals surface area contributed by atoms with Gasteiger partial charge >= 0.3 is 5.97 Å². The molecule has 0 saturated carbocycles. The van der Waals surface area contributed by atoms with Crippen molar-refractivity contribution < 1.29 is 19.4 Å². The summed E-state index contributed by atoms with van der Waals surface area (Å²) in [6.07, 6.45) is 0.739. The number of amides is 1. The van der Waals surface area contributed by atoms with Crippen molar-refractivity contribution in [3.8, 4) is 0 Å². The molecule has 5 nitrogen and oxygen atoms in total. The molecule has 0 fully saturated rings. The number of hydrogen-bond acceptors (Lipinski definition) is 3. The summed E-state index contributed by atoms with van der Waals surface area (Å²) in [5.74, 6) is -1.33. The number of carbonyl (C=O) groups is 2. The third-order valence-corrected chi connectivity index (χ3v) is 2.51. The second-order valence-corrected chi connectivity index (χ2v) is 4.15. The van der Waals surface area contributed by atoms with E-state index in [2.05, 4.69) is 5.32 Å². The SMILES string of the molecule is CCCCOC(CC(=O)O)NC(=O)c1ccccc1. The first-order chi connectivity index (χ1) is 9.13. The molecule has 0 heterocycles. The number of nitrogens with one attached hydrogen (secondary N) is 1. The maximum Gasteiger partial charge on any atom is 0.307 e. The fourth-order valence-electron chi connectivity index (χ4n) is 1.50. The van der Waals surface area contributed by atoms with Gasteiger partial charge in [0.25, 0.3) is 5.91 Å². The van der Waals surface area contributed by atoms with Gasteiger partial charge < -0.3 is 15.2 Å². The molecule has 1 atom stereocenters. The Kier molecular flexibility index (Phi) is 6.60. The van der Waals surface area contributed by atoms with Gasteiger partial charge in [-0.3, -0.25) is 9.59 Å². The summed E-state index contributed by atoms with van der Waals surface area (Å²) in [5, 5.41) is 11.4. The first kappa shape index (κ1) is 15.2. The van der Waals surface area contributed by atoms with Crippen LogP contribution in [-0.2, 0) is 9.53 Å².